The summed E-state index contributed by atoms with van der Waals surface area (Å²) in [5.74, 6) is -0.331. The number of benzene rings is 1. The first kappa shape index (κ1) is 11.3. The van der Waals surface area contributed by atoms with Gasteiger partial charge in [-0.05, 0) is 29.7 Å². The first-order valence-electron chi connectivity index (χ1n) is 6.00. The van der Waals surface area contributed by atoms with E-state index in [1.165, 1.54) is 11.1 Å². The van der Waals surface area contributed by atoms with Crippen molar-refractivity contribution in [1.82, 2.24) is 0 Å². The van der Waals surface area contributed by atoms with E-state index in [9.17, 15) is 0 Å². The second kappa shape index (κ2) is 4.45. The second-order valence-electron chi connectivity index (χ2n) is 4.55. The van der Waals surface area contributed by atoms with Crippen LogP contribution in [0.15, 0.2) is 30.3 Å². The van der Waals surface area contributed by atoms with E-state index in [4.69, 9.17) is 21.1 Å². The quantitative estimate of drug-likeness (QED) is 0.758. The van der Waals surface area contributed by atoms with Crippen molar-refractivity contribution in [2.24, 2.45) is 0 Å². The zero-order chi connectivity index (χ0) is 11.7. The van der Waals surface area contributed by atoms with Crippen LogP contribution in [-0.4, -0.2) is 19.0 Å². The summed E-state index contributed by atoms with van der Waals surface area (Å²) in [7, 11) is 0. The van der Waals surface area contributed by atoms with Crippen LogP contribution in [0.4, 0.5) is 0 Å². The molecule has 3 heteroatoms. The number of halogens is 1. The maximum Gasteiger partial charge on any atom is 0.172 e. The molecule has 1 aliphatic carbocycles. The van der Waals surface area contributed by atoms with Crippen LogP contribution in [-0.2, 0) is 9.47 Å². The van der Waals surface area contributed by atoms with Crippen molar-refractivity contribution >= 4 is 17.2 Å². The molecule has 17 heavy (non-hydrogen) atoms. The number of hydrogen-bond acceptors (Lipinski definition) is 2. The normalized spacial score (nSPS) is 22.8. The molecule has 1 aliphatic heterocycles. The van der Waals surface area contributed by atoms with Crippen molar-refractivity contribution in [3.63, 3.8) is 0 Å². The van der Waals surface area contributed by atoms with Crippen molar-refractivity contribution < 1.29 is 9.47 Å². The lowest BCUT2D eigenvalue weighted by molar-refractivity contribution is -0.159. The number of ether oxygens (including phenoxy) is 2. The molecule has 2 aliphatic rings. The molecule has 0 saturated carbocycles. The van der Waals surface area contributed by atoms with Crippen LogP contribution in [0, 0.1) is 0 Å². The summed E-state index contributed by atoms with van der Waals surface area (Å²) in [6, 6.07) is 8.01. The van der Waals surface area contributed by atoms with Gasteiger partial charge in [-0.2, -0.15) is 0 Å². The molecule has 90 valence electrons. The summed E-state index contributed by atoms with van der Waals surface area (Å²) < 4.78 is 11.4. The first-order chi connectivity index (χ1) is 8.27. The zero-order valence-electron chi connectivity index (χ0n) is 9.62. The van der Waals surface area contributed by atoms with Crippen molar-refractivity contribution in [3.05, 3.63) is 40.9 Å². The van der Waals surface area contributed by atoms with Crippen LogP contribution >= 0.6 is 11.6 Å². The monoisotopic (exact) mass is 250 g/mol. The summed E-state index contributed by atoms with van der Waals surface area (Å²) in [5.41, 5.74) is 2.56. The highest BCUT2D eigenvalue weighted by molar-refractivity contribution is 6.30. The minimum Gasteiger partial charge on any atom is -0.347 e. The molecule has 1 fully saturated rings. The van der Waals surface area contributed by atoms with E-state index in [0.717, 1.165) is 37.5 Å². The van der Waals surface area contributed by atoms with Crippen LogP contribution in [0.5, 0.6) is 0 Å². The van der Waals surface area contributed by atoms with Crippen LogP contribution in [0.25, 0.3) is 5.57 Å². The van der Waals surface area contributed by atoms with Crippen molar-refractivity contribution in [2.75, 3.05) is 13.2 Å². The predicted octanol–water partition coefficient (Wildman–Crippen LogP) is 3.65. The predicted molar refractivity (Wildman–Crippen MR) is 67.9 cm³/mol. The van der Waals surface area contributed by atoms with Gasteiger partial charge in [-0.15, -0.1) is 0 Å². The van der Waals surface area contributed by atoms with Gasteiger partial charge in [-0.1, -0.05) is 29.8 Å². The molecule has 2 nitrogen and oxygen atoms in total. The molecular formula is C14H15ClO2. The van der Waals surface area contributed by atoms with Gasteiger partial charge in [0.15, 0.2) is 5.79 Å². The average molecular weight is 251 g/mol. The third-order valence-electron chi connectivity index (χ3n) is 3.44. The van der Waals surface area contributed by atoms with E-state index < -0.39 is 0 Å². The van der Waals surface area contributed by atoms with Gasteiger partial charge in [0.05, 0.1) is 13.2 Å². The lowest BCUT2D eigenvalue weighted by Gasteiger charge is -2.30. The highest BCUT2D eigenvalue weighted by Crippen LogP contribution is 2.38. The molecule has 1 heterocycles. The van der Waals surface area contributed by atoms with Crippen LogP contribution < -0.4 is 0 Å². The third-order valence-corrected chi connectivity index (χ3v) is 3.68. The molecule has 0 bridgehead atoms. The number of allylic oxidation sites excluding steroid dienone is 1. The third kappa shape index (κ3) is 2.25. The summed E-state index contributed by atoms with van der Waals surface area (Å²) >= 11 is 6.01. The Hall–Kier alpha value is -0.830. The summed E-state index contributed by atoms with van der Waals surface area (Å²) in [6.45, 7) is 1.45. The molecule has 0 radical (unpaired) electrons. The lowest BCUT2D eigenvalue weighted by atomic mass is 9.90. The summed E-state index contributed by atoms with van der Waals surface area (Å²) in [4.78, 5) is 0. The van der Waals surface area contributed by atoms with Gasteiger partial charge in [0.25, 0.3) is 0 Å². The highest BCUT2D eigenvalue weighted by Gasteiger charge is 2.37. The van der Waals surface area contributed by atoms with E-state index in [1.54, 1.807) is 0 Å². The topological polar surface area (TPSA) is 18.5 Å². The van der Waals surface area contributed by atoms with Crippen molar-refractivity contribution in [1.29, 1.82) is 0 Å². The average Bonchev–Trinajstić information content (AvgIpc) is 2.79. The molecule has 1 saturated heterocycles. The lowest BCUT2D eigenvalue weighted by Crippen LogP contribution is -2.31. The van der Waals surface area contributed by atoms with Gasteiger partial charge in [-0.3, -0.25) is 0 Å². The van der Waals surface area contributed by atoms with E-state index in [-0.39, 0.29) is 5.79 Å². The van der Waals surface area contributed by atoms with Gasteiger partial charge < -0.3 is 9.47 Å². The molecule has 1 aromatic rings. The number of rotatable bonds is 1. The van der Waals surface area contributed by atoms with Gasteiger partial charge in [0.2, 0.25) is 0 Å². The SMILES string of the molecule is Clc1cccc(C2=CCC3(CC2)OCCO3)c1. The fourth-order valence-electron chi connectivity index (χ4n) is 2.52. The largest absolute Gasteiger partial charge is 0.347 e. The smallest absolute Gasteiger partial charge is 0.172 e. The van der Waals surface area contributed by atoms with E-state index >= 15 is 0 Å². The molecule has 0 atom stereocenters. The maximum atomic E-state index is 6.01. The van der Waals surface area contributed by atoms with Crippen LogP contribution in [0.2, 0.25) is 5.02 Å². The van der Waals surface area contributed by atoms with Gasteiger partial charge in [0, 0.05) is 17.9 Å². The Bertz CT molecular complexity index is 447. The van der Waals surface area contributed by atoms with E-state index in [1.807, 2.05) is 18.2 Å². The maximum absolute atomic E-state index is 6.01. The Morgan fingerprint density at radius 2 is 2.00 bits per heavy atom. The molecule has 0 unspecified atom stereocenters. The molecule has 3 rings (SSSR count). The Morgan fingerprint density at radius 1 is 1.18 bits per heavy atom. The molecule has 0 aromatic heterocycles. The van der Waals surface area contributed by atoms with Gasteiger partial charge in [0.1, 0.15) is 0 Å². The minimum absolute atomic E-state index is 0.331. The van der Waals surface area contributed by atoms with Crippen LogP contribution in [0.1, 0.15) is 24.8 Å². The van der Waals surface area contributed by atoms with Crippen molar-refractivity contribution in [2.45, 2.75) is 25.0 Å². The zero-order valence-corrected chi connectivity index (χ0v) is 10.4. The highest BCUT2D eigenvalue weighted by atomic mass is 35.5. The number of hydrogen-bond donors (Lipinski definition) is 0. The van der Waals surface area contributed by atoms with Crippen LogP contribution in [0.3, 0.4) is 0 Å². The van der Waals surface area contributed by atoms with E-state index in [2.05, 4.69) is 12.1 Å². The molecular weight excluding hydrogens is 236 g/mol. The molecule has 0 amide bonds. The Balaban J connectivity index is 1.80. The molecule has 0 N–H and O–H groups in total. The Kier molecular flexibility index (Phi) is 2.95. The fraction of sp³-hybridized carbons (Fsp3) is 0.429. The Labute approximate surface area is 106 Å². The second-order valence-corrected chi connectivity index (χ2v) is 4.99. The molecule has 1 aromatic carbocycles. The van der Waals surface area contributed by atoms with Gasteiger partial charge >= 0.3 is 0 Å². The molecule has 1 spiro atoms. The summed E-state index contributed by atoms with van der Waals surface area (Å²) in [6.07, 6.45) is 4.99. The van der Waals surface area contributed by atoms with E-state index in [0.29, 0.717) is 0 Å². The van der Waals surface area contributed by atoms with Gasteiger partial charge in [-0.25, -0.2) is 0 Å². The first-order valence-corrected chi connectivity index (χ1v) is 6.38. The Morgan fingerprint density at radius 3 is 2.65 bits per heavy atom. The fourth-order valence-corrected chi connectivity index (χ4v) is 2.71. The van der Waals surface area contributed by atoms with Crippen molar-refractivity contribution in [3.8, 4) is 0 Å². The standard InChI is InChI=1S/C14H15ClO2/c15-13-3-1-2-12(10-13)11-4-6-14(7-5-11)16-8-9-17-14/h1-4,10H,5-9H2. The minimum atomic E-state index is -0.331. The summed E-state index contributed by atoms with van der Waals surface area (Å²) in [5, 5.41) is 0.789.